The van der Waals surface area contributed by atoms with Crippen molar-refractivity contribution in [1.29, 1.82) is 0 Å². The first-order valence-corrected chi connectivity index (χ1v) is 9.84. The van der Waals surface area contributed by atoms with E-state index in [4.69, 9.17) is 0 Å². The van der Waals surface area contributed by atoms with Crippen LogP contribution in [0.5, 0.6) is 0 Å². The normalized spacial score (nSPS) is 54.3. The maximum absolute atomic E-state index is 12.6. The number of aliphatic hydroxyl groups excluding tert-OH is 1. The highest BCUT2D eigenvalue weighted by atomic mass is 79.9. The fraction of sp³-hybridized carbons (Fsp3) is 0.842. The summed E-state index contributed by atoms with van der Waals surface area (Å²) in [5, 5.41) is 10.0. The summed E-state index contributed by atoms with van der Waals surface area (Å²) in [4.78, 5) is 12.7. The van der Waals surface area contributed by atoms with Gasteiger partial charge in [0.15, 0.2) is 5.78 Å². The van der Waals surface area contributed by atoms with Crippen LogP contribution in [0.2, 0.25) is 0 Å². The Labute approximate surface area is 141 Å². The highest BCUT2D eigenvalue weighted by molar-refractivity contribution is 9.10. The van der Waals surface area contributed by atoms with E-state index in [1.54, 1.807) is 0 Å². The van der Waals surface area contributed by atoms with Crippen LogP contribution in [0.15, 0.2) is 11.6 Å². The second-order valence-electron chi connectivity index (χ2n) is 8.68. The molecule has 4 rings (SSSR count). The summed E-state index contributed by atoms with van der Waals surface area (Å²) in [6.45, 7) is 4.66. The number of carbonyl (C=O) groups excluding carboxylic acids is 1. The van der Waals surface area contributed by atoms with Crippen LogP contribution in [0.1, 0.15) is 58.8 Å². The van der Waals surface area contributed by atoms with Gasteiger partial charge in [-0.05, 0) is 68.1 Å². The van der Waals surface area contributed by atoms with Crippen LogP contribution in [0.4, 0.5) is 0 Å². The highest BCUT2D eigenvalue weighted by Crippen LogP contribution is 2.64. The number of allylic oxidation sites excluding steroid dienone is 1. The molecule has 0 saturated heterocycles. The van der Waals surface area contributed by atoms with Gasteiger partial charge in [-0.15, -0.1) is 0 Å². The number of hydrogen-bond donors (Lipinski definition) is 1. The Morgan fingerprint density at radius 2 is 1.91 bits per heavy atom. The van der Waals surface area contributed by atoms with Gasteiger partial charge in [-0.3, -0.25) is 4.79 Å². The van der Waals surface area contributed by atoms with Crippen molar-refractivity contribution in [3.8, 4) is 0 Å². The summed E-state index contributed by atoms with van der Waals surface area (Å²) in [5.41, 5.74) is 1.69. The number of ketones is 1. The van der Waals surface area contributed by atoms with E-state index in [1.807, 2.05) is 0 Å². The van der Waals surface area contributed by atoms with E-state index in [-0.39, 0.29) is 21.8 Å². The van der Waals surface area contributed by atoms with Crippen molar-refractivity contribution in [2.75, 3.05) is 0 Å². The van der Waals surface area contributed by atoms with Crippen LogP contribution in [0, 0.1) is 28.6 Å². The molecule has 7 atom stereocenters. The molecule has 0 bridgehead atoms. The SMILES string of the molecule is C[C@]12CCC(O)CC1=CCC1C2CC[C@]2(C)C(=O)C(Br)CC12. The zero-order valence-corrected chi connectivity index (χ0v) is 15.2. The number of carbonyl (C=O) groups is 1. The molecule has 22 heavy (non-hydrogen) atoms. The van der Waals surface area contributed by atoms with Gasteiger partial charge in [-0.25, -0.2) is 0 Å². The molecule has 122 valence electrons. The fourth-order valence-electron chi connectivity index (χ4n) is 6.39. The Morgan fingerprint density at radius 1 is 1.18 bits per heavy atom. The minimum Gasteiger partial charge on any atom is -0.393 e. The molecular weight excluding hydrogens is 340 g/mol. The van der Waals surface area contributed by atoms with Crippen molar-refractivity contribution in [2.24, 2.45) is 28.6 Å². The third-order valence-electron chi connectivity index (χ3n) is 7.78. The number of Topliss-reactive ketones (excluding diaryl/α,β-unsaturated/α-hetero) is 1. The Morgan fingerprint density at radius 3 is 2.68 bits per heavy atom. The molecule has 3 heteroatoms. The molecule has 4 aliphatic rings. The van der Waals surface area contributed by atoms with Crippen molar-refractivity contribution < 1.29 is 9.90 Å². The smallest absolute Gasteiger partial charge is 0.152 e. The van der Waals surface area contributed by atoms with Gasteiger partial charge < -0.3 is 5.11 Å². The summed E-state index contributed by atoms with van der Waals surface area (Å²) in [6, 6.07) is 0. The Kier molecular flexibility index (Phi) is 3.44. The monoisotopic (exact) mass is 366 g/mol. The molecule has 0 heterocycles. The first kappa shape index (κ1) is 15.4. The second kappa shape index (κ2) is 4.92. The lowest BCUT2D eigenvalue weighted by Crippen LogP contribution is -2.50. The summed E-state index contributed by atoms with van der Waals surface area (Å²) in [5.74, 6) is 2.37. The minimum absolute atomic E-state index is 0.0765. The van der Waals surface area contributed by atoms with E-state index in [0.717, 1.165) is 38.5 Å². The van der Waals surface area contributed by atoms with Gasteiger partial charge in [0.05, 0.1) is 10.9 Å². The lowest BCUT2D eigenvalue weighted by atomic mass is 9.48. The lowest BCUT2D eigenvalue weighted by Gasteiger charge is -2.56. The first-order valence-electron chi connectivity index (χ1n) is 8.92. The van der Waals surface area contributed by atoms with E-state index < -0.39 is 0 Å². The molecular formula is C19H27BrO2. The van der Waals surface area contributed by atoms with Crippen LogP contribution in [0.3, 0.4) is 0 Å². The lowest BCUT2D eigenvalue weighted by molar-refractivity contribution is -0.131. The molecule has 0 aromatic rings. The molecule has 3 fully saturated rings. The Hall–Kier alpha value is -0.150. The predicted octanol–water partition coefficient (Wildman–Crippen LogP) is 4.25. The van der Waals surface area contributed by atoms with Crippen LogP contribution in [-0.2, 0) is 4.79 Å². The zero-order chi connectivity index (χ0) is 15.7. The molecule has 0 aromatic carbocycles. The molecule has 2 nitrogen and oxygen atoms in total. The number of alkyl halides is 1. The average molecular weight is 367 g/mol. The standard InChI is InChI=1S/C19H27BrO2/c1-18-7-5-12(21)9-11(18)3-4-13-14(18)6-8-19(2)15(13)10-16(20)17(19)22/h3,12-16,21H,4-10H2,1-2H3/t12?,13?,14?,15?,16?,18-,19-/m0/s1. The van der Waals surface area contributed by atoms with Crippen molar-refractivity contribution in [3.63, 3.8) is 0 Å². The highest BCUT2D eigenvalue weighted by Gasteiger charge is 2.60. The van der Waals surface area contributed by atoms with Gasteiger partial charge in [0.25, 0.3) is 0 Å². The molecule has 1 N–H and O–H groups in total. The van der Waals surface area contributed by atoms with E-state index in [1.165, 1.54) is 12.0 Å². The van der Waals surface area contributed by atoms with Gasteiger partial charge in [0, 0.05) is 5.41 Å². The third kappa shape index (κ3) is 1.90. The number of fused-ring (bicyclic) bond motifs is 5. The Bertz CT molecular complexity index is 542. The number of aliphatic hydroxyl groups is 1. The maximum Gasteiger partial charge on any atom is 0.152 e. The largest absolute Gasteiger partial charge is 0.393 e. The number of halogens is 1. The van der Waals surface area contributed by atoms with Crippen molar-refractivity contribution in [2.45, 2.75) is 69.7 Å². The molecule has 4 aliphatic carbocycles. The second-order valence-corrected chi connectivity index (χ2v) is 9.78. The molecule has 3 saturated carbocycles. The quantitative estimate of drug-likeness (QED) is 0.513. The zero-order valence-electron chi connectivity index (χ0n) is 13.6. The van der Waals surface area contributed by atoms with Gasteiger partial charge in [-0.2, -0.15) is 0 Å². The van der Waals surface area contributed by atoms with Gasteiger partial charge in [0.2, 0.25) is 0 Å². The van der Waals surface area contributed by atoms with Crippen molar-refractivity contribution in [1.82, 2.24) is 0 Å². The van der Waals surface area contributed by atoms with Crippen LogP contribution in [-0.4, -0.2) is 21.8 Å². The van der Waals surface area contributed by atoms with Gasteiger partial charge in [0.1, 0.15) is 0 Å². The van der Waals surface area contributed by atoms with Crippen molar-refractivity contribution >= 4 is 21.7 Å². The molecule has 0 amide bonds. The summed E-state index contributed by atoms with van der Waals surface area (Å²) in [7, 11) is 0. The minimum atomic E-state index is -0.135. The van der Waals surface area contributed by atoms with Gasteiger partial charge >= 0.3 is 0 Å². The topological polar surface area (TPSA) is 37.3 Å². The van der Waals surface area contributed by atoms with Crippen LogP contribution in [0.25, 0.3) is 0 Å². The van der Waals surface area contributed by atoms with Gasteiger partial charge in [-0.1, -0.05) is 41.4 Å². The molecule has 0 spiro atoms. The van der Waals surface area contributed by atoms with Crippen LogP contribution >= 0.6 is 15.9 Å². The third-order valence-corrected chi connectivity index (χ3v) is 8.57. The summed E-state index contributed by atoms with van der Waals surface area (Å²) in [6.07, 6.45) is 9.63. The van der Waals surface area contributed by atoms with Crippen LogP contribution < -0.4 is 0 Å². The number of hydrogen-bond acceptors (Lipinski definition) is 2. The average Bonchev–Trinajstić information content (AvgIpc) is 2.72. The number of rotatable bonds is 0. The van der Waals surface area contributed by atoms with E-state index in [0.29, 0.717) is 23.5 Å². The summed E-state index contributed by atoms with van der Waals surface area (Å²) >= 11 is 3.64. The molecule has 0 aromatic heterocycles. The molecule has 0 aliphatic heterocycles. The summed E-state index contributed by atoms with van der Waals surface area (Å²) < 4.78 is 0. The predicted molar refractivity (Wildman–Crippen MR) is 90.8 cm³/mol. The van der Waals surface area contributed by atoms with E-state index >= 15 is 0 Å². The van der Waals surface area contributed by atoms with E-state index in [9.17, 15) is 9.90 Å². The molecule has 0 radical (unpaired) electrons. The van der Waals surface area contributed by atoms with Crippen molar-refractivity contribution in [3.05, 3.63) is 11.6 Å². The van der Waals surface area contributed by atoms with E-state index in [2.05, 4.69) is 35.9 Å². The first-order chi connectivity index (χ1) is 10.4. The fourth-order valence-corrected chi connectivity index (χ4v) is 7.32. The molecule has 5 unspecified atom stereocenters. The maximum atomic E-state index is 12.6. The Balaban J connectivity index is 1.70.